The average Bonchev–Trinajstić information content (AvgIpc) is 2.46. The second kappa shape index (κ2) is 3.57. The Morgan fingerprint density at radius 2 is 1.72 bits per heavy atom. The second-order valence-corrected chi connectivity index (χ2v) is 4.49. The van der Waals surface area contributed by atoms with Crippen LogP contribution in [-0.4, -0.2) is 0 Å². The van der Waals surface area contributed by atoms with Gasteiger partial charge in [0, 0.05) is 6.07 Å². The molecular formula is C16H12NO+. The molecule has 18 heavy (non-hydrogen) atoms. The van der Waals surface area contributed by atoms with E-state index in [4.69, 9.17) is 4.74 Å². The molecular weight excluding hydrogens is 222 g/mol. The minimum absolute atomic E-state index is 0.581. The number of fused-ring (bicyclic) bond motifs is 5. The van der Waals surface area contributed by atoms with E-state index in [-0.39, 0.29) is 0 Å². The summed E-state index contributed by atoms with van der Waals surface area (Å²) < 4.78 is 7.92. The predicted molar refractivity (Wildman–Crippen MR) is 70.2 cm³/mol. The summed E-state index contributed by atoms with van der Waals surface area (Å²) in [6, 6.07) is 18.8. The van der Waals surface area contributed by atoms with Crippen LogP contribution in [-0.2, 0) is 6.73 Å². The summed E-state index contributed by atoms with van der Waals surface area (Å²) in [5, 5.41) is 2.54. The smallest absolute Gasteiger partial charge is 0.292 e. The Balaban J connectivity index is 2.15. The first-order chi connectivity index (χ1) is 8.93. The van der Waals surface area contributed by atoms with Crippen molar-refractivity contribution >= 4 is 10.8 Å². The van der Waals surface area contributed by atoms with Gasteiger partial charge in [0.1, 0.15) is 5.75 Å². The van der Waals surface area contributed by atoms with Gasteiger partial charge >= 0.3 is 0 Å². The van der Waals surface area contributed by atoms with Crippen molar-refractivity contribution in [3.05, 3.63) is 60.8 Å². The SMILES string of the molecule is c1ccc2c(c1)OC[n+]1ccc3ccccc3c1-2. The summed E-state index contributed by atoms with van der Waals surface area (Å²) in [4.78, 5) is 0. The van der Waals surface area contributed by atoms with Crippen LogP contribution in [0.1, 0.15) is 0 Å². The molecule has 2 heterocycles. The number of pyridine rings is 1. The van der Waals surface area contributed by atoms with E-state index in [9.17, 15) is 0 Å². The van der Waals surface area contributed by atoms with Gasteiger partial charge in [-0.3, -0.25) is 0 Å². The highest BCUT2D eigenvalue weighted by molar-refractivity contribution is 5.94. The van der Waals surface area contributed by atoms with Gasteiger partial charge in [-0.05, 0) is 23.6 Å². The third-order valence-corrected chi connectivity index (χ3v) is 3.44. The molecule has 2 heteroatoms. The molecule has 1 aromatic heterocycles. The maximum Gasteiger partial charge on any atom is 0.292 e. The van der Waals surface area contributed by atoms with E-state index in [2.05, 4.69) is 53.2 Å². The summed E-state index contributed by atoms with van der Waals surface area (Å²) in [6.45, 7) is 0.581. The first-order valence-electron chi connectivity index (χ1n) is 6.07. The molecule has 0 N–H and O–H groups in total. The molecule has 86 valence electrons. The minimum Gasteiger partial charge on any atom is -0.435 e. The lowest BCUT2D eigenvalue weighted by molar-refractivity contribution is -0.716. The van der Waals surface area contributed by atoms with Gasteiger partial charge in [-0.25, -0.2) is 0 Å². The van der Waals surface area contributed by atoms with Crippen LogP contribution in [0.5, 0.6) is 5.75 Å². The normalized spacial score (nSPS) is 12.7. The van der Waals surface area contributed by atoms with Crippen molar-refractivity contribution < 1.29 is 9.30 Å². The molecule has 3 aromatic rings. The lowest BCUT2D eigenvalue weighted by atomic mass is 10.0. The zero-order valence-electron chi connectivity index (χ0n) is 9.84. The Morgan fingerprint density at radius 1 is 0.889 bits per heavy atom. The van der Waals surface area contributed by atoms with Crippen molar-refractivity contribution in [1.29, 1.82) is 0 Å². The third-order valence-electron chi connectivity index (χ3n) is 3.44. The topological polar surface area (TPSA) is 13.1 Å². The molecule has 0 spiro atoms. The van der Waals surface area contributed by atoms with E-state index in [0.29, 0.717) is 6.73 Å². The minimum atomic E-state index is 0.581. The van der Waals surface area contributed by atoms with E-state index in [1.54, 1.807) is 0 Å². The highest BCUT2D eigenvalue weighted by Crippen LogP contribution is 2.34. The fourth-order valence-electron chi connectivity index (χ4n) is 2.59. The zero-order valence-corrected chi connectivity index (χ0v) is 9.84. The third kappa shape index (κ3) is 1.26. The van der Waals surface area contributed by atoms with Crippen molar-refractivity contribution in [1.82, 2.24) is 0 Å². The number of hydrogen-bond acceptors (Lipinski definition) is 1. The van der Waals surface area contributed by atoms with Crippen LogP contribution < -0.4 is 9.30 Å². The van der Waals surface area contributed by atoms with Gasteiger partial charge in [-0.1, -0.05) is 30.3 Å². The van der Waals surface area contributed by atoms with Crippen molar-refractivity contribution in [2.24, 2.45) is 0 Å². The maximum atomic E-state index is 5.76. The van der Waals surface area contributed by atoms with Crippen molar-refractivity contribution in [2.75, 3.05) is 0 Å². The zero-order chi connectivity index (χ0) is 11.9. The van der Waals surface area contributed by atoms with Crippen LogP contribution in [0.3, 0.4) is 0 Å². The molecule has 0 radical (unpaired) electrons. The van der Waals surface area contributed by atoms with Crippen LogP contribution in [0.2, 0.25) is 0 Å². The number of hydrogen-bond donors (Lipinski definition) is 0. The molecule has 1 aliphatic heterocycles. The van der Waals surface area contributed by atoms with Crippen molar-refractivity contribution in [3.8, 4) is 17.0 Å². The average molecular weight is 234 g/mol. The molecule has 0 aliphatic carbocycles. The van der Waals surface area contributed by atoms with Gasteiger partial charge in [0.25, 0.3) is 6.73 Å². The van der Waals surface area contributed by atoms with Gasteiger partial charge in [0.2, 0.25) is 5.69 Å². The fraction of sp³-hybridized carbons (Fsp3) is 0.0625. The van der Waals surface area contributed by atoms with Crippen LogP contribution >= 0.6 is 0 Å². The van der Waals surface area contributed by atoms with Crippen LogP contribution in [0.4, 0.5) is 0 Å². The number of nitrogens with zero attached hydrogens (tertiary/aromatic N) is 1. The summed E-state index contributed by atoms with van der Waals surface area (Å²) >= 11 is 0. The second-order valence-electron chi connectivity index (χ2n) is 4.49. The summed E-state index contributed by atoms with van der Waals surface area (Å²) in [7, 11) is 0. The first-order valence-corrected chi connectivity index (χ1v) is 6.07. The predicted octanol–water partition coefficient (Wildman–Crippen LogP) is 3.14. The summed E-state index contributed by atoms with van der Waals surface area (Å²) in [5.74, 6) is 0.967. The van der Waals surface area contributed by atoms with Gasteiger partial charge < -0.3 is 4.74 Å². The number of para-hydroxylation sites is 1. The molecule has 0 saturated carbocycles. The molecule has 1 aliphatic rings. The van der Waals surface area contributed by atoms with E-state index in [1.165, 1.54) is 22.0 Å². The summed E-state index contributed by atoms with van der Waals surface area (Å²) in [5.41, 5.74) is 2.41. The van der Waals surface area contributed by atoms with E-state index in [0.717, 1.165) is 5.75 Å². The lowest BCUT2D eigenvalue weighted by Crippen LogP contribution is -2.41. The number of ether oxygens (including phenoxy) is 1. The molecule has 0 unspecified atom stereocenters. The Labute approximate surface area is 105 Å². The molecule has 0 bridgehead atoms. The number of rotatable bonds is 0. The molecule has 2 aromatic carbocycles. The van der Waals surface area contributed by atoms with Gasteiger partial charge in [-0.15, -0.1) is 0 Å². The van der Waals surface area contributed by atoms with Crippen LogP contribution in [0.25, 0.3) is 22.0 Å². The Morgan fingerprint density at radius 3 is 2.72 bits per heavy atom. The number of aromatic nitrogens is 1. The monoisotopic (exact) mass is 234 g/mol. The van der Waals surface area contributed by atoms with Crippen molar-refractivity contribution in [3.63, 3.8) is 0 Å². The Hall–Kier alpha value is -2.35. The van der Waals surface area contributed by atoms with Crippen LogP contribution in [0.15, 0.2) is 60.8 Å². The molecule has 4 rings (SSSR count). The maximum absolute atomic E-state index is 5.76. The van der Waals surface area contributed by atoms with E-state index < -0.39 is 0 Å². The quantitative estimate of drug-likeness (QED) is 0.545. The van der Waals surface area contributed by atoms with Gasteiger partial charge in [0.15, 0.2) is 6.20 Å². The van der Waals surface area contributed by atoms with Gasteiger partial charge in [0.05, 0.1) is 10.9 Å². The molecule has 0 saturated heterocycles. The Kier molecular flexibility index (Phi) is 1.92. The van der Waals surface area contributed by atoms with Crippen LogP contribution in [0, 0.1) is 0 Å². The highest BCUT2D eigenvalue weighted by atomic mass is 16.5. The molecule has 0 amide bonds. The highest BCUT2D eigenvalue weighted by Gasteiger charge is 2.25. The molecule has 0 fully saturated rings. The lowest BCUT2D eigenvalue weighted by Gasteiger charge is -2.16. The molecule has 2 nitrogen and oxygen atoms in total. The van der Waals surface area contributed by atoms with E-state index >= 15 is 0 Å². The first kappa shape index (κ1) is 9.66. The Bertz CT molecular complexity index is 749. The number of benzene rings is 2. The van der Waals surface area contributed by atoms with E-state index in [1.807, 2.05) is 12.1 Å². The molecule has 0 atom stereocenters. The largest absolute Gasteiger partial charge is 0.435 e. The summed E-state index contributed by atoms with van der Waals surface area (Å²) in [6.07, 6.45) is 2.09. The van der Waals surface area contributed by atoms with Crippen molar-refractivity contribution in [2.45, 2.75) is 6.73 Å². The van der Waals surface area contributed by atoms with Gasteiger partial charge in [-0.2, -0.15) is 4.57 Å². The standard InChI is InChI=1S/C16H12NO/c1-2-6-13-12(5-1)9-10-17-11-18-15-8-4-3-7-14(15)16(13)17/h1-10H,11H2/q+1. The fourth-order valence-corrected chi connectivity index (χ4v) is 2.59.